The summed E-state index contributed by atoms with van der Waals surface area (Å²) in [6, 6.07) is 2.28. The zero-order chi connectivity index (χ0) is 22.4. The lowest BCUT2D eigenvalue weighted by Crippen LogP contribution is -2.32. The Kier molecular flexibility index (Phi) is 8.76. The van der Waals surface area contributed by atoms with Crippen LogP contribution in [0.4, 0.5) is 17.6 Å². The molecule has 0 saturated heterocycles. The van der Waals surface area contributed by atoms with Crippen molar-refractivity contribution in [3.05, 3.63) is 34.9 Å². The van der Waals surface area contributed by atoms with E-state index < -0.39 is 29.4 Å². The third kappa shape index (κ3) is 6.20. The Hall–Kier alpha value is -1.18. The smallest absolute Gasteiger partial charge is 0.379 e. The standard InChI is InChI=1S/C24H34F4O3/c1-3-15-30-18-9-11-19(12-10-18)31-24(27,28)21-14-13-20(22(25)23(21)26)16-5-7-17(8-6-16)29-4-2/h13-14,16-19H,3-12,15H2,1-2H3. The van der Waals surface area contributed by atoms with Gasteiger partial charge < -0.3 is 14.2 Å². The molecule has 1 aromatic carbocycles. The van der Waals surface area contributed by atoms with E-state index in [4.69, 9.17) is 14.2 Å². The fourth-order valence-electron chi connectivity index (χ4n) is 4.75. The van der Waals surface area contributed by atoms with E-state index in [-0.39, 0.29) is 23.7 Å². The number of hydrogen-bond acceptors (Lipinski definition) is 3. The monoisotopic (exact) mass is 446 g/mol. The summed E-state index contributed by atoms with van der Waals surface area (Å²) in [5, 5.41) is 0. The van der Waals surface area contributed by atoms with E-state index >= 15 is 0 Å². The Bertz CT molecular complexity index is 696. The van der Waals surface area contributed by atoms with Crippen LogP contribution in [-0.2, 0) is 20.3 Å². The van der Waals surface area contributed by atoms with E-state index in [0.29, 0.717) is 51.7 Å². The molecule has 0 spiro atoms. The SMILES string of the molecule is CCCOC1CCC(OC(F)(F)c2ccc(C3CCC(OCC)CC3)c(F)c2F)CC1. The molecule has 2 saturated carbocycles. The molecule has 2 aliphatic carbocycles. The van der Waals surface area contributed by atoms with Gasteiger partial charge in [-0.25, -0.2) is 8.78 Å². The molecule has 0 aliphatic heterocycles. The molecule has 176 valence electrons. The van der Waals surface area contributed by atoms with Gasteiger partial charge in [0.1, 0.15) is 0 Å². The third-order valence-electron chi connectivity index (χ3n) is 6.44. The second-order valence-corrected chi connectivity index (χ2v) is 8.66. The molecule has 2 fully saturated rings. The summed E-state index contributed by atoms with van der Waals surface area (Å²) in [5.74, 6) is -2.88. The second kappa shape index (κ2) is 11.1. The van der Waals surface area contributed by atoms with Crippen LogP contribution in [0.1, 0.15) is 88.7 Å². The van der Waals surface area contributed by atoms with Crippen LogP contribution < -0.4 is 0 Å². The van der Waals surface area contributed by atoms with Crippen molar-refractivity contribution >= 4 is 0 Å². The van der Waals surface area contributed by atoms with Gasteiger partial charge in [0.15, 0.2) is 11.6 Å². The highest BCUT2D eigenvalue weighted by Gasteiger charge is 2.41. The van der Waals surface area contributed by atoms with E-state index in [1.54, 1.807) is 0 Å². The Morgan fingerprint density at radius 1 is 0.806 bits per heavy atom. The highest BCUT2D eigenvalue weighted by atomic mass is 19.3. The molecule has 31 heavy (non-hydrogen) atoms. The molecule has 0 amide bonds. The molecule has 0 atom stereocenters. The fourth-order valence-corrected chi connectivity index (χ4v) is 4.75. The number of alkyl halides is 2. The van der Waals surface area contributed by atoms with Gasteiger partial charge in [-0.3, -0.25) is 0 Å². The molecular weight excluding hydrogens is 412 g/mol. The minimum absolute atomic E-state index is 0.0553. The topological polar surface area (TPSA) is 27.7 Å². The minimum atomic E-state index is -3.88. The predicted octanol–water partition coefficient (Wildman–Crippen LogP) is 6.83. The fraction of sp³-hybridized carbons (Fsp3) is 0.750. The van der Waals surface area contributed by atoms with Gasteiger partial charge in [0.05, 0.1) is 23.9 Å². The van der Waals surface area contributed by atoms with E-state index in [9.17, 15) is 17.6 Å². The summed E-state index contributed by atoms with van der Waals surface area (Å²) in [6.07, 6.45) is 1.40. The lowest BCUT2D eigenvalue weighted by atomic mass is 9.82. The summed E-state index contributed by atoms with van der Waals surface area (Å²) in [6.45, 7) is 5.21. The van der Waals surface area contributed by atoms with Crippen molar-refractivity contribution in [1.29, 1.82) is 0 Å². The van der Waals surface area contributed by atoms with Crippen LogP contribution in [0.25, 0.3) is 0 Å². The average Bonchev–Trinajstić information content (AvgIpc) is 2.75. The molecule has 3 nitrogen and oxygen atoms in total. The number of rotatable bonds is 9. The van der Waals surface area contributed by atoms with Crippen LogP contribution in [-0.4, -0.2) is 31.5 Å². The van der Waals surface area contributed by atoms with Crippen LogP contribution in [0.5, 0.6) is 0 Å². The summed E-state index contributed by atoms with van der Waals surface area (Å²) >= 11 is 0. The predicted molar refractivity (Wildman–Crippen MR) is 110 cm³/mol. The summed E-state index contributed by atoms with van der Waals surface area (Å²) in [5.41, 5.74) is -0.860. The normalized spacial score (nSPS) is 27.4. The van der Waals surface area contributed by atoms with Crippen LogP contribution in [0.15, 0.2) is 12.1 Å². The van der Waals surface area contributed by atoms with Gasteiger partial charge in [0.2, 0.25) is 0 Å². The number of halogens is 4. The van der Waals surface area contributed by atoms with Crippen molar-refractivity contribution in [1.82, 2.24) is 0 Å². The Labute approximate surface area is 182 Å². The van der Waals surface area contributed by atoms with E-state index in [1.165, 1.54) is 6.07 Å². The van der Waals surface area contributed by atoms with Crippen molar-refractivity contribution in [3.8, 4) is 0 Å². The second-order valence-electron chi connectivity index (χ2n) is 8.66. The van der Waals surface area contributed by atoms with Gasteiger partial charge in [0.25, 0.3) is 0 Å². The molecule has 0 unspecified atom stereocenters. The lowest BCUT2D eigenvalue weighted by Gasteiger charge is -2.32. The van der Waals surface area contributed by atoms with Crippen LogP contribution in [0, 0.1) is 11.6 Å². The molecule has 3 rings (SSSR count). The van der Waals surface area contributed by atoms with Gasteiger partial charge in [-0.1, -0.05) is 13.0 Å². The van der Waals surface area contributed by atoms with Crippen LogP contribution in [0.3, 0.4) is 0 Å². The van der Waals surface area contributed by atoms with Gasteiger partial charge in [-0.2, -0.15) is 8.78 Å². The summed E-state index contributed by atoms with van der Waals surface area (Å²) in [7, 11) is 0. The number of benzene rings is 1. The molecule has 0 aromatic heterocycles. The maximum absolute atomic E-state index is 14.8. The van der Waals surface area contributed by atoms with E-state index in [1.807, 2.05) is 13.8 Å². The first kappa shape index (κ1) is 24.5. The molecule has 7 heteroatoms. The van der Waals surface area contributed by atoms with Crippen molar-refractivity contribution < 1.29 is 31.8 Å². The van der Waals surface area contributed by atoms with Gasteiger partial charge in [0, 0.05) is 13.2 Å². The van der Waals surface area contributed by atoms with E-state index in [2.05, 4.69) is 0 Å². The first-order valence-electron chi connectivity index (χ1n) is 11.6. The first-order chi connectivity index (χ1) is 14.9. The highest BCUT2D eigenvalue weighted by molar-refractivity contribution is 5.31. The quantitative estimate of drug-likeness (QED) is 0.389. The van der Waals surface area contributed by atoms with Gasteiger partial charge >= 0.3 is 6.11 Å². The van der Waals surface area contributed by atoms with Crippen molar-refractivity contribution in [2.24, 2.45) is 0 Å². The third-order valence-corrected chi connectivity index (χ3v) is 6.44. The molecule has 0 bridgehead atoms. The Morgan fingerprint density at radius 2 is 1.39 bits per heavy atom. The number of ether oxygens (including phenoxy) is 3. The zero-order valence-corrected chi connectivity index (χ0v) is 18.5. The Balaban J connectivity index is 1.62. The maximum Gasteiger partial charge on any atom is 0.386 e. The number of hydrogen-bond donors (Lipinski definition) is 0. The largest absolute Gasteiger partial charge is 0.386 e. The minimum Gasteiger partial charge on any atom is -0.379 e. The Morgan fingerprint density at radius 3 is 2.00 bits per heavy atom. The zero-order valence-electron chi connectivity index (χ0n) is 18.5. The first-order valence-corrected chi connectivity index (χ1v) is 11.6. The molecule has 0 N–H and O–H groups in total. The average molecular weight is 447 g/mol. The van der Waals surface area contributed by atoms with E-state index in [0.717, 1.165) is 25.3 Å². The van der Waals surface area contributed by atoms with Crippen LogP contribution in [0.2, 0.25) is 0 Å². The molecule has 2 aliphatic rings. The molecular formula is C24H34F4O3. The van der Waals surface area contributed by atoms with Gasteiger partial charge in [-0.15, -0.1) is 0 Å². The molecule has 1 aromatic rings. The highest BCUT2D eigenvalue weighted by Crippen LogP contribution is 2.40. The van der Waals surface area contributed by atoms with Crippen molar-refractivity contribution in [3.63, 3.8) is 0 Å². The van der Waals surface area contributed by atoms with Crippen LogP contribution >= 0.6 is 0 Å². The summed E-state index contributed by atoms with van der Waals surface area (Å²) < 4.78 is 75.1. The molecule has 0 heterocycles. The lowest BCUT2D eigenvalue weighted by molar-refractivity contribution is -0.280. The van der Waals surface area contributed by atoms with Gasteiger partial charge in [-0.05, 0) is 82.3 Å². The summed E-state index contributed by atoms with van der Waals surface area (Å²) in [4.78, 5) is 0. The van der Waals surface area contributed by atoms with Crippen molar-refractivity contribution in [2.75, 3.05) is 13.2 Å². The molecule has 0 radical (unpaired) electrons. The van der Waals surface area contributed by atoms with Crippen molar-refractivity contribution in [2.45, 2.75) is 102 Å². The maximum atomic E-state index is 14.8.